The lowest BCUT2D eigenvalue weighted by molar-refractivity contribution is -0.858. The zero-order valence-corrected chi connectivity index (χ0v) is 11.8. The van der Waals surface area contributed by atoms with Crippen LogP contribution in [-0.2, 0) is 0 Å². The van der Waals surface area contributed by atoms with Crippen molar-refractivity contribution in [2.45, 2.75) is 6.42 Å². The van der Waals surface area contributed by atoms with Gasteiger partial charge in [-0.1, -0.05) is 0 Å². The Kier molecular flexibility index (Phi) is 5.73. The SMILES string of the molecule is C[NH+](C)CCCNC(=O)c1cc([N+](=O)[O-])cc([N+](=O)[O-])c1. The minimum Gasteiger partial charge on any atom is -0.352 e. The second kappa shape index (κ2) is 7.29. The Labute approximate surface area is 120 Å². The molecule has 0 bridgehead atoms. The molecular weight excluding hydrogens is 280 g/mol. The van der Waals surface area contributed by atoms with Gasteiger partial charge in [0.2, 0.25) is 0 Å². The van der Waals surface area contributed by atoms with Gasteiger partial charge in [-0.05, 0) is 0 Å². The maximum Gasteiger partial charge on any atom is 0.277 e. The van der Waals surface area contributed by atoms with Crippen LogP contribution in [0.3, 0.4) is 0 Å². The van der Waals surface area contributed by atoms with Crippen molar-refractivity contribution >= 4 is 17.3 Å². The van der Waals surface area contributed by atoms with Crippen LogP contribution in [-0.4, -0.2) is 42.9 Å². The number of benzene rings is 1. The van der Waals surface area contributed by atoms with Crippen molar-refractivity contribution in [3.8, 4) is 0 Å². The first-order chi connectivity index (χ1) is 9.81. The van der Waals surface area contributed by atoms with Crippen LogP contribution in [0.5, 0.6) is 0 Å². The largest absolute Gasteiger partial charge is 0.352 e. The van der Waals surface area contributed by atoms with E-state index >= 15 is 0 Å². The molecule has 21 heavy (non-hydrogen) atoms. The number of nitro benzene ring substituents is 2. The van der Waals surface area contributed by atoms with Crippen molar-refractivity contribution in [1.29, 1.82) is 0 Å². The maximum absolute atomic E-state index is 11.9. The molecule has 9 heteroatoms. The van der Waals surface area contributed by atoms with Crippen LogP contribution in [0, 0.1) is 20.2 Å². The fraction of sp³-hybridized carbons (Fsp3) is 0.417. The third-order valence-corrected chi connectivity index (χ3v) is 2.73. The number of carbonyl (C=O) groups excluding carboxylic acids is 1. The molecule has 1 amide bonds. The predicted molar refractivity (Wildman–Crippen MR) is 74.4 cm³/mol. The Balaban J connectivity index is 2.83. The van der Waals surface area contributed by atoms with Gasteiger partial charge in [0.05, 0.1) is 42.1 Å². The van der Waals surface area contributed by atoms with Gasteiger partial charge < -0.3 is 10.2 Å². The van der Waals surface area contributed by atoms with E-state index in [1.54, 1.807) is 0 Å². The second-order valence-corrected chi connectivity index (χ2v) is 4.82. The number of hydrogen-bond acceptors (Lipinski definition) is 5. The van der Waals surface area contributed by atoms with Crippen molar-refractivity contribution in [3.05, 3.63) is 44.0 Å². The first kappa shape index (κ1) is 16.5. The number of quaternary nitrogens is 1. The summed E-state index contributed by atoms with van der Waals surface area (Å²) in [6.45, 7) is 1.26. The third kappa shape index (κ3) is 5.15. The van der Waals surface area contributed by atoms with Gasteiger partial charge in [0.25, 0.3) is 17.3 Å². The minimum absolute atomic E-state index is 0.0897. The maximum atomic E-state index is 11.9. The molecule has 0 unspecified atom stereocenters. The van der Waals surface area contributed by atoms with Crippen LogP contribution >= 0.6 is 0 Å². The molecular formula is C12H17N4O5+. The van der Waals surface area contributed by atoms with Gasteiger partial charge in [0.15, 0.2) is 0 Å². The summed E-state index contributed by atoms with van der Waals surface area (Å²) in [7, 11) is 3.96. The lowest BCUT2D eigenvalue weighted by Crippen LogP contribution is -3.05. The highest BCUT2D eigenvalue weighted by Gasteiger charge is 2.19. The average Bonchev–Trinajstić information content (AvgIpc) is 2.42. The van der Waals surface area contributed by atoms with E-state index in [2.05, 4.69) is 5.32 Å². The van der Waals surface area contributed by atoms with Gasteiger partial charge in [-0.2, -0.15) is 0 Å². The van der Waals surface area contributed by atoms with Crippen LogP contribution in [0.25, 0.3) is 0 Å². The van der Waals surface area contributed by atoms with Gasteiger partial charge in [0, 0.05) is 25.1 Å². The van der Waals surface area contributed by atoms with Crippen LogP contribution < -0.4 is 10.2 Å². The summed E-state index contributed by atoms with van der Waals surface area (Å²) in [4.78, 5) is 33.0. The average molecular weight is 297 g/mol. The van der Waals surface area contributed by atoms with E-state index in [-0.39, 0.29) is 5.56 Å². The number of nitro groups is 2. The molecule has 0 aliphatic carbocycles. The normalized spacial score (nSPS) is 10.4. The molecule has 1 rings (SSSR count). The van der Waals surface area contributed by atoms with Gasteiger partial charge in [-0.15, -0.1) is 0 Å². The van der Waals surface area contributed by atoms with E-state index < -0.39 is 27.1 Å². The van der Waals surface area contributed by atoms with Crippen LogP contribution in [0.2, 0.25) is 0 Å². The number of non-ortho nitro benzene ring substituents is 2. The smallest absolute Gasteiger partial charge is 0.277 e. The second-order valence-electron chi connectivity index (χ2n) is 4.82. The van der Waals surface area contributed by atoms with E-state index in [0.717, 1.165) is 31.2 Å². The highest BCUT2D eigenvalue weighted by atomic mass is 16.6. The molecule has 0 saturated carbocycles. The van der Waals surface area contributed by atoms with E-state index in [0.29, 0.717) is 6.54 Å². The number of amides is 1. The Bertz CT molecular complexity index is 526. The molecule has 0 saturated heterocycles. The molecule has 1 aromatic rings. The Morgan fingerprint density at radius 2 is 1.67 bits per heavy atom. The standard InChI is InChI=1S/C12H16N4O5/c1-14(2)5-3-4-13-12(17)9-6-10(15(18)19)8-11(7-9)16(20)21/h6-8H,3-5H2,1-2H3,(H,13,17)/p+1. The molecule has 9 nitrogen and oxygen atoms in total. The van der Waals surface area contributed by atoms with Crippen molar-refractivity contribution in [2.24, 2.45) is 0 Å². The first-order valence-electron chi connectivity index (χ1n) is 6.32. The quantitative estimate of drug-likeness (QED) is 0.409. The first-order valence-corrected chi connectivity index (χ1v) is 6.32. The molecule has 0 radical (unpaired) electrons. The van der Waals surface area contributed by atoms with E-state index in [4.69, 9.17) is 0 Å². The van der Waals surface area contributed by atoms with Crippen molar-refractivity contribution in [3.63, 3.8) is 0 Å². The van der Waals surface area contributed by atoms with E-state index in [9.17, 15) is 25.0 Å². The molecule has 0 spiro atoms. The zero-order chi connectivity index (χ0) is 16.0. The summed E-state index contributed by atoms with van der Waals surface area (Å²) in [5, 5.41) is 24.1. The third-order valence-electron chi connectivity index (χ3n) is 2.73. The van der Waals surface area contributed by atoms with Gasteiger partial charge in [-0.3, -0.25) is 25.0 Å². The Morgan fingerprint density at radius 1 is 1.14 bits per heavy atom. The zero-order valence-electron chi connectivity index (χ0n) is 11.8. The molecule has 2 N–H and O–H groups in total. The van der Waals surface area contributed by atoms with Gasteiger partial charge in [-0.25, -0.2) is 0 Å². The number of nitrogens with one attached hydrogen (secondary N) is 2. The molecule has 0 heterocycles. The predicted octanol–water partition coefficient (Wildman–Crippen LogP) is -0.233. The van der Waals surface area contributed by atoms with Crippen molar-refractivity contribution < 1.29 is 19.5 Å². The van der Waals surface area contributed by atoms with E-state index in [1.165, 1.54) is 4.90 Å². The fourth-order valence-electron chi connectivity index (χ4n) is 1.68. The number of hydrogen-bond donors (Lipinski definition) is 2. The molecule has 0 aromatic heterocycles. The summed E-state index contributed by atoms with van der Waals surface area (Å²) < 4.78 is 0. The lowest BCUT2D eigenvalue weighted by atomic mass is 10.1. The number of nitrogens with zero attached hydrogens (tertiary/aromatic N) is 2. The monoisotopic (exact) mass is 297 g/mol. The van der Waals surface area contributed by atoms with Crippen LogP contribution in [0.4, 0.5) is 11.4 Å². The number of rotatable bonds is 7. The van der Waals surface area contributed by atoms with Crippen molar-refractivity contribution in [1.82, 2.24) is 5.32 Å². The van der Waals surface area contributed by atoms with Crippen LogP contribution in [0.15, 0.2) is 18.2 Å². The van der Waals surface area contributed by atoms with Gasteiger partial charge in [0.1, 0.15) is 0 Å². The lowest BCUT2D eigenvalue weighted by Gasteiger charge is -2.08. The summed E-state index contributed by atoms with van der Waals surface area (Å²) in [5.41, 5.74) is -1.05. The molecule has 0 atom stereocenters. The minimum atomic E-state index is -0.765. The molecule has 0 aliphatic heterocycles. The highest BCUT2D eigenvalue weighted by molar-refractivity contribution is 5.95. The van der Waals surface area contributed by atoms with Gasteiger partial charge >= 0.3 is 0 Å². The molecule has 0 fully saturated rings. The van der Waals surface area contributed by atoms with E-state index in [1.807, 2.05) is 14.1 Å². The van der Waals surface area contributed by atoms with Crippen molar-refractivity contribution in [2.75, 3.05) is 27.2 Å². The summed E-state index contributed by atoms with van der Waals surface area (Å²) in [6.07, 6.45) is 0.741. The molecule has 0 aliphatic rings. The van der Waals surface area contributed by atoms with Crippen LogP contribution in [0.1, 0.15) is 16.8 Å². The molecule has 114 valence electrons. The summed E-state index contributed by atoms with van der Waals surface area (Å²) in [5.74, 6) is -0.560. The fourth-order valence-corrected chi connectivity index (χ4v) is 1.68. The highest BCUT2D eigenvalue weighted by Crippen LogP contribution is 2.22. The summed E-state index contributed by atoms with van der Waals surface area (Å²) >= 11 is 0. The Hall–Kier alpha value is -2.55. The molecule has 1 aromatic carbocycles. The number of carbonyl (C=O) groups is 1. The summed E-state index contributed by atoms with van der Waals surface area (Å²) in [6, 6.07) is 2.88. The Morgan fingerprint density at radius 3 is 2.10 bits per heavy atom. The topological polar surface area (TPSA) is 120 Å².